The second-order valence-corrected chi connectivity index (χ2v) is 12.7. The van der Waals surface area contributed by atoms with Gasteiger partial charge in [0.25, 0.3) is 10.0 Å². The zero-order valence-corrected chi connectivity index (χ0v) is 25.2. The minimum Gasteiger partial charge on any atom is -0.494 e. The van der Waals surface area contributed by atoms with E-state index in [1.165, 1.54) is 41.3 Å². The molecule has 3 rings (SSSR count). The number of nitrogens with one attached hydrogen (secondary N) is 1. The molecule has 0 aromatic heterocycles. The number of aryl methyl sites for hydroxylation is 1. The molecule has 0 saturated carbocycles. The SMILES string of the molecule is CCOc1ccc(S(=O)(=O)N(CC(=O)N(Cc2cccc(C)c2)[C@H](C)C(=O)NC(C)(C)C)c2ccc(F)cc2)cc1. The zero-order valence-electron chi connectivity index (χ0n) is 24.3. The summed E-state index contributed by atoms with van der Waals surface area (Å²) >= 11 is 0. The van der Waals surface area contributed by atoms with Crippen LogP contribution in [0.4, 0.5) is 10.1 Å². The molecule has 0 aliphatic rings. The van der Waals surface area contributed by atoms with E-state index in [2.05, 4.69) is 5.32 Å². The van der Waals surface area contributed by atoms with Crippen molar-refractivity contribution >= 4 is 27.5 Å². The maximum atomic E-state index is 14.0. The molecule has 220 valence electrons. The van der Waals surface area contributed by atoms with Crippen LogP contribution in [-0.4, -0.2) is 49.9 Å². The van der Waals surface area contributed by atoms with Gasteiger partial charge in [-0.2, -0.15) is 0 Å². The first-order valence-electron chi connectivity index (χ1n) is 13.4. The lowest BCUT2D eigenvalue weighted by Crippen LogP contribution is -2.54. The Kier molecular flexibility index (Phi) is 10.1. The summed E-state index contributed by atoms with van der Waals surface area (Å²) in [6.45, 7) is 10.7. The molecule has 0 bridgehead atoms. The second kappa shape index (κ2) is 13.2. The number of benzene rings is 3. The summed E-state index contributed by atoms with van der Waals surface area (Å²) in [4.78, 5) is 28.4. The predicted molar refractivity (Wildman–Crippen MR) is 158 cm³/mol. The van der Waals surface area contributed by atoms with Gasteiger partial charge < -0.3 is 15.0 Å². The normalized spacial score (nSPS) is 12.4. The number of nitrogens with zero attached hydrogens (tertiary/aromatic N) is 2. The molecule has 1 N–H and O–H groups in total. The summed E-state index contributed by atoms with van der Waals surface area (Å²) < 4.78 is 47.9. The molecule has 0 fully saturated rings. The Morgan fingerprint density at radius 3 is 2.20 bits per heavy atom. The number of anilines is 1. The van der Waals surface area contributed by atoms with E-state index in [0.717, 1.165) is 27.6 Å². The van der Waals surface area contributed by atoms with Gasteiger partial charge in [-0.25, -0.2) is 12.8 Å². The molecule has 0 aliphatic carbocycles. The van der Waals surface area contributed by atoms with Crippen LogP contribution in [0.5, 0.6) is 5.75 Å². The first-order valence-corrected chi connectivity index (χ1v) is 14.8. The van der Waals surface area contributed by atoms with Gasteiger partial charge in [0, 0.05) is 12.1 Å². The molecule has 41 heavy (non-hydrogen) atoms. The third-order valence-electron chi connectivity index (χ3n) is 6.22. The quantitative estimate of drug-likeness (QED) is 0.341. The Hall–Kier alpha value is -3.92. The summed E-state index contributed by atoms with van der Waals surface area (Å²) in [7, 11) is -4.27. The van der Waals surface area contributed by atoms with Gasteiger partial charge in [-0.05, 0) is 95.6 Å². The highest BCUT2D eigenvalue weighted by Crippen LogP contribution is 2.26. The van der Waals surface area contributed by atoms with Gasteiger partial charge in [-0.3, -0.25) is 13.9 Å². The van der Waals surface area contributed by atoms with Crippen molar-refractivity contribution in [1.29, 1.82) is 0 Å². The molecular formula is C31H38FN3O5S. The molecule has 3 aromatic carbocycles. The smallest absolute Gasteiger partial charge is 0.264 e. The highest BCUT2D eigenvalue weighted by atomic mass is 32.2. The standard InChI is InChI=1S/C31H38FN3O5S/c1-7-40-27-15-17-28(18-16-27)41(38,39)35(26-13-11-25(32)12-14-26)21-29(36)34(20-24-10-8-9-22(2)19-24)23(3)30(37)33-31(4,5)6/h8-19,23H,7,20-21H2,1-6H3,(H,33,37)/t23-/m1/s1. The number of carbonyl (C=O) groups excluding carboxylic acids is 2. The van der Waals surface area contributed by atoms with Crippen LogP contribution in [-0.2, 0) is 26.2 Å². The van der Waals surface area contributed by atoms with Gasteiger partial charge in [0.15, 0.2) is 0 Å². The van der Waals surface area contributed by atoms with Crippen molar-refractivity contribution in [3.63, 3.8) is 0 Å². The number of hydrogen-bond acceptors (Lipinski definition) is 5. The van der Waals surface area contributed by atoms with E-state index >= 15 is 0 Å². The zero-order chi connectivity index (χ0) is 30.4. The third kappa shape index (κ3) is 8.53. The van der Waals surface area contributed by atoms with Crippen molar-refractivity contribution in [2.45, 2.75) is 64.6 Å². The van der Waals surface area contributed by atoms with Gasteiger partial charge in [-0.1, -0.05) is 29.8 Å². The molecule has 3 aromatic rings. The minimum absolute atomic E-state index is 0.0677. The second-order valence-electron chi connectivity index (χ2n) is 10.8. The number of ether oxygens (including phenoxy) is 1. The van der Waals surface area contributed by atoms with Crippen molar-refractivity contribution < 1.29 is 27.1 Å². The van der Waals surface area contributed by atoms with Crippen molar-refractivity contribution in [1.82, 2.24) is 10.2 Å². The summed E-state index contributed by atoms with van der Waals surface area (Å²) in [5.74, 6) is -1.02. The van der Waals surface area contributed by atoms with E-state index in [0.29, 0.717) is 12.4 Å². The average molecular weight is 584 g/mol. The van der Waals surface area contributed by atoms with Crippen molar-refractivity contribution in [3.8, 4) is 5.75 Å². The fourth-order valence-electron chi connectivity index (χ4n) is 4.20. The fourth-order valence-corrected chi connectivity index (χ4v) is 5.62. The molecule has 8 nitrogen and oxygen atoms in total. The molecule has 10 heteroatoms. The summed E-state index contributed by atoms with van der Waals surface area (Å²) in [5, 5.41) is 2.90. The number of amides is 2. The number of halogens is 1. The third-order valence-corrected chi connectivity index (χ3v) is 8.01. The number of sulfonamides is 1. The van der Waals surface area contributed by atoms with Gasteiger partial charge in [0.1, 0.15) is 24.2 Å². The lowest BCUT2D eigenvalue weighted by molar-refractivity contribution is -0.140. The average Bonchev–Trinajstić information content (AvgIpc) is 2.90. The van der Waals surface area contributed by atoms with E-state index in [4.69, 9.17) is 4.74 Å². The van der Waals surface area contributed by atoms with E-state index < -0.39 is 39.9 Å². The van der Waals surface area contributed by atoms with Crippen molar-refractivity contribution in [2.75, 3.05) is 17.5 Å². The number of rotatable bonds is 11. The largest absolute Gasteiger partial charge is 0.494 e. The van der Waals surface area contributed by atoms with E-state index in [9.17, 15) is 22.4 Å². The first-order chi connectivity index (χ1) is 19.2. The Balaban J connectivity index is 2.03. The Morgan fingerprint density at radius 2 is 1.63 bits per heavy atom. The van der Waals surface area contributed by atoms with Crippen LogP contribution in [0.1, 0.15) is 45.7 Å². The van der Waals surface area contributed by atoms with Crippen LogP contribution in [0.15, 0.2) is 77.7 Å². The maximum absolute atomic E-state index is 14.0. The summed E-state index contributed by atoms with van der Waals surface area (Å²) in [5.41, 5.74) is 1.33. The highest BCUT2D eigenvalue weighted by molar-refractivity contribution is 7.92. The highest BCUT2D eigenvalue weighted by Gasteiger charge is 2.33. The summed E-state index contributed by atoms with van der Waals surface area (Å²) in [6.07, 6.45) is 0. The number of carbonyl (C=O) groups is 2. The molecule has 0 radical (unpaired) electrons. The van der Waals surface area contributed by atoms with E-state index in [1.807, 2.05) is 58.9 Å². The Morgan fingerprint density at radius 1 is 1.00 bits per heavy atom. The van der Waals surface area contributed by atoms with Gasteiger partial charge in [-0.15, -0.1) is 0 Å². The molecule has 2 amide bonds. The van der Waals surface area contributed by atoms with Gasteiger partial charge >= 0.3 is 0 Å². The molecule has 0 saturated heterocycles. The molecule has 0 aliphatic heterocycles. The summed E-state index contributed by atoms with van der Waals surface area (Å²) in [6, 6.07) is 17.3. The molecule has 0 heterocycles. The van der Waals surface area contributed by atoms with E-state index in [-0.39, 0.29) is 23.0 Å². The first kappa shape index (κ1) is 31.6. The fraction of sp³-hybridized carbons (Fsp3) is 0.355. The van der Waals surface area contributed by atoms with Crippen LogP contribution in [0, 0.1) is 12.7 Å². The topological polar surface area (TPSA) is 96.0 Å². The van der Waals surface area contributed by atoms with Crippen LogP contribution in [0.3, 0.4) is 0 Å². The van der Waals surface area contributed by atoms with Crippen LogP contribution >= 0.6 is 0 Å². The lowest BCUT2D eigenvalue weighted by atomic mass is 10.1. The van der Waals surface area contributed by atoms with Crippen LogP contribution < -0.4 is 14.4 Å². The Bertz CT molecular complexity index is 1450. The molecular weight excluding hydrogens is 545 g/mol. The number of hydrogen-bond donors (Lipinski definition) is 1. The molecule has 1 atom stereocenters. The minimum atomic E-state index is -4.27. The monoisotopic (exact) mass is 583 g/mol. The molecule has 0 unspecified atom stereocenters. The Labute approximate surface area is 242 Å². The van der Waals surface area contributed by atoms with Crippen LogP contribution in [0.2, 0.25) is 0 Å². The van der Waals surface area contributed by atoms with Gasteiger partial charge in [0.05, 0.1) is 17.2 Å². The van der Waals surface area contributed by atoms with Crippen LogP contribution in [0.25, 0.3) is 0 Å². The maximum Gasteiger partial charge on any atom is 0.264 e. The van der Waals surface area contributed by atoms with Crippen molar-refractivity contribution in [3.05, 3.63) is 89.7 Å². The van der Waals surface area contributed by atoms with Crippen molar-refractivity contribution in [2.24, 2.45) is 0 Å². The molecule has 0 spiro atoms. The lowest BCUT2D eigenvalue weighted by Gasteiger charge is -2.33. The van der Waals surface area contributed by atoms with E-state index in [1.54, 1.807) is 6.92 Å². The predicted octanol–water partition coefficient (Wildman–Crippen LogP) is 5.06. The van der Waals surface area contributed by atoms with Gasteiger partial charge in [0.2, 0.25) is 11.8 Å².